The maximum atomic E-state index is 14.0. The zero-order valence-electron chi connectivity index (χ0n) is 27.2. The largest absolute Gasteiger partial charge is 0.437 e. The number of likely N-dealkylation sites (N-methyl/N-ethyl adjacent to an activating group) is 1. The predicted octanol–water partition coefficient (Wildman–Crippen LogP) is 10.0. The number of halogens is 1. The van der Waals surface area contributed by atoms with Gasteiger partial charge in [0.05, 0.1) is 23.7 Å². The van der Waals surface area contributed by atoms with Gasteiger partial charge in [-0.1, -0.05) is 93.5 Å². The van der Waals surface area contributed by atoms with Crippen molar-refractivity contribution in [2.45, 2.75) is 84.0 Å². The highest BCUT2D eigenvalue weighted by Crippen LogP contribution is 2.58. The number of allylic oxidation sites excluding steroid dienone is 4. The van der Waals surface area contributed by atoms with E-state index in [1.54, 1.807) is 18.2 Å². The van der Waals surface area contributed by atoms with Crippen LogP contribution in [0.15, 0.2) is 71.8 Å². The van der Waals surface area contributed by atoms with Crippen molar-refractivity contribution in [1.29, 1.82) is 0 Å². The van der Waals surface area contributed by atoms with Gasteiger partial charge < -0.3 is 14.7 Å². The lowest BCUT2D eigenvalue weighted by molar-refractivity contribution is 0.216. The normalized spacial score (nSPS) is 16.9. The molecule has 4 rings (SSSR count). The number of hydrogen-bond acceptors (Lipinski definition) is 5. The highest BCUT2D eigenvalue weighted by Gasteiger charge is 2.38. The number of unbranched alkanes of at least 4 members (excludes halogenated alkanes) is 9. The molecule has 0 amide bonds. The summed E-state index contributed by atoms with van der Waals surface area (Å²) in [5.41, 5.74) is 2.48. The number of anilines is 2. The van der Waals surface area contributed by atoms with E-state index in [9.17, 15) is 9.46 Å². The molecule has 0 radical (unpaired) electrons. The smallest absolute Gasteiger partial charge is 0.353 e. The molecule has 9 heteroatoms. The summed E-state index contributed by atoms with van der Waals surface area (Å²) in [4.78, 5) is 21.0. The van der Waals surface area contributed by atoms with Crippen molar-refractivity contribution >= 4 is 42.2 Å². The zero-order chi connectivity index (χ0) is 31.9. The summed E-state index contributed by atoms with van der Waals surface area (Å²) >= 11 is 6.39. The van der Waals surface area contributed by atoms with Crippen LogP contribution in [0.25, 0.3) is 0 Å². The lowest BCUT2D eigenvalue weighted by atomic mass is 10.1. The van der Waals surface area contributed by atoms with E-state index in [-0.39, 0.29) is 6.61 Å². The Labute approximate surface area is 276 Å². The molecule has 1 N–H and O–H groups in total. The van der Waals surface area contributed by atoms with Gasteiger partial charge in [-0.05, 0) is 75.9 Å². The summed E-state index contributed by atoms with van der Waals surface area (Å²) < 4.78 is 21.2. The van der Waals surface area contributed by atoms with E-state index in [1.165, 1.54) is 49.6 Å². The highest BCUT2D eigenvalue weighted by atomic mass is 35.5. The predicted molar refractivity (Wildman–Crippen MR) is 190 cm³/mol. The third kappa shape index (κ3) is 10.8. The molecule has 45 heavy (non-hydrogen) atoms. The van der Waals surface area contributed by atoms with Gasteiger partial charge in [-0.15, -0.1) is 0 Å². The molecular weight excluding hydrogens is 603 g/mol. The Hall–Kier alpha value is -2.41. The van der Waals surface area contributed by atoms with E-state index in [1.807, 2.05) is 24.3 Å². The van der Waals surface area contributed by atoms with Gasteiger partial charge in [-0.25, -0.2) is 14.2 Å². The van der Waals surface area contributed by atoms with Crippen LogP contribution in [0.4, 0.5) is 17.1 Å². The van der Waals surface area contributed by atoms with Crippen molar-refractivity contribution in [1.82, 2.24) is 9.80 Å². The number of piperazine rings is 1. The van der Waals surface area contributed by atoms with Gasteiger partial charge in [-0.3, -0.25) is 4.52 Å². The van der Waals surface area contributed by atoms with Gasteiger partial charge in [0.15, 0.2) is 0 Å². The monoisotopic (exact) mass is 654 g/mol. The Morgan fingerprint density at radius 1 is 0.867 bits per heavy atom. The van der Waals surface area contributed by atoms with E-state index in [4.69, 9.17) is 21.1 Å². The lowest BCUT2D eigenvalue weighted by Crippen LogP contribution is -2.47. The number of benzene rings is 2. The van der Waals surface area contributed by atoms with Crippen LogP contribution < -0.4 is 4.67 Å². The summed E-state index contributed by atoms with van der Waals surface area (Å²) in [5.74, 6) is 0.787. The van der Waals surface area contributed by atoms with E-state index in [2.05, 4.69) is 48.1 Å². The summed E-state index contributed by atoms with van der Waals surface area (Å²) in [5, 5.41) is 0.524. The first kappa shape index (κ1) is 35.4. The standard InChI is InChI=1S/C36H52ClN4O3P/c1-3-4-5-6-7-8-9-10-11-12-13-14-15-16-17-20-29-44-45(42,43)41-34-22-19-18-21-32(34)36(40-27-25-39(2)26-28-40)38-33-30-31(37)23-24-35(33)41/h7-8,10-11,18-19,21-24,30H,3-6,9,12-17,20,25-29H2,1-2H3,(H,42,43)/b8-7-,11-10-. The van der Waals surface area contributed by atoms with Crippen LogP contribution in [0.2, 0.25) is 5.02 Å². The van der Waals surface area contributed by atoms with E-state index < -0.39 is 7.75 Å². The summed E-state index contributed by atoms with van der Waals surface area (Å²) in [6.07, 6.45) is 22.8. The minimum Gasteiger partial charge on any atom is -0.353 e. The SMILES string of the molecule is CCCCC/C=C\C/C=C\CCCCCCCCOP(=O)(O)N1c2ccc(Cl)cc2N=C(N2CCN(C)CC2)c2ccccc21. The molecular formula is C36H52ClN4O3P. The molecule has 7 nitrogen and oxygen atoms in total. The number of hydrogen-bond donors (Lipinski definition) is 1. The van der Waals surface area contributed by atoms with E-state index in [0.29, 0.717) is 22.1 Å². The van der Waals surface area contributed by atoms with Gasteiger partial charge in [0.1, 0.15) is 5.84 Å². The minimum absolute atomic E-state index is 0.218. The molecule has 1 saturated heterocycles. The van der Waals surface area contributed by atoms with Crippen LogP contribution >= 0.6 is 19.3 Å². The third-order valence-corrected chi connectivity index (χ3v) is 10.1. The fourth-order valence-corrected chi connectivity index (χ4v) is 7.32. The number of rotatable bonds is 17. The van der Waals surface area contributed by atoms with Gasteiger partial charge >= 0.3 is 7.75 Å². The number of aliphatic imine (C=N–C) groups is 1. The van der Waals surface area contributed by atoms with Crippen LogP contribution in [0, 0.1) is 0 Å². The minimum atomic E-state index is -4.26. The summed E-state index contributed by atoms with van der Waals surface area (Å²) in [6.45, 7) is 5.94. The van der Waals surface area contributed by atoms with Crippen molar-refractivity contribution in [2.75, 3.05) is 44.5 Å². The molecule has 0 spiro atoms. The van der Waals surface area contributed by atoms with Crippen LogP contribution in [0.3, 0.4) is 0 Å². The average Bonchev–Trinajstić information content (AvgIpc) is 3.17. The van der Waals surface area contributed by atoms with Gasteiger partial charge in [0, 0.05) is 36.8 Å². The Bertz CT molecular complexity index is 1340. The van der Waals surface area contributed by atoms with Gasteiger partial charge in [0.25, 0.3) is 0 Å². The molecule has 0 aliphatic carbocycles. The van der Waals surface area contributed by atoms with Crippen molar-refractivity contribution in [3.8, 4) is 0 Å². The Morgan fingerprint density at radius 3 is 2.27 bits per heavy atom. The second kappa shape index (κ2) is 18.7. The Balaban J connectivity index is 1.27. The Kier molecular flexibility index (Phi) is 14.7. The maximum Gasteiger partial charge on any atom is 0.437 e. The highest BCUT2D eigenvalue weighted by molar-refractivity contribution is 7.55. The summed E-state index contributed by atoms with van der Waals surface area (Å²) in [6, 6.07) is 12.9. The van der Waals surface area contributed by atoms with Crippen LogP contribution in [0.1, 0.15) is 89.5 Å². The number of amidine groups is 1. The maximum absolute atomic E-state index is 14.0. The molecule has 2 heterocycles. The van der Waals surface area contributed by atoms with E-state index in [0.717, 1.165) is 69.7 Å². The van der Waals surface area contributed by atoms with Crippen molar-refractivity contribution in [3.63, 3.8) is 0 Å². The second-order valence-corrected chi connectivity index (χ2v) is 14.2. The van der Waals surface area contributed by atoms with Crippen molar-refractivity contribution in [2.24, 2.45) is 4.99 Å². The molecule has 1 atom stereocenters. The molecule has 1 fully saturated rings. The van der Waals surface area contributed by atoms with Crippen molar-refractivity contribution in [3.05, 3.63) is 77.4 Å². The number of nitrogens with zero attached hydrogens (tertiary/aromatic N) is 4. The Morgan fingerprint density at radius 2 is 1.53 bits per heavy atom. The van der Waals surface area contributed by atoms with Crippen molar-refractivity contribution < 1.29 is 14.0 Å². The van der Waals surface area contributed by atoms with Crippen LogP contribution in [-0.2, 0) is 9.09 Å². The van der Waals surface area contributed by atoms with Crippen LogP contribution in [0.5, 0.6) is 0 Å². The second-order valence-electron chi connectivity index (χ2n) is 12.1. The molecule has 246 valence electrons. The number of fused-ring (bicyclic) bond motifs is 2. The topological polar surface area (TPSA) is 68.6 Å². The van der Waals surface area contributed by atoms with Crippen LogP contribution in [-0.4, -0.2) is 60.4 Å². The molecule has 2 aliphatic rings. The summed E-state index contributed by atoms with van der Waals surface area (Å²) in [7, 11) is -2.15. The molecule has 2 aliphatic heterocycles. The molecule has 0 aromatic heterocycles. The quantitative estimate of drug-likeness (QED) is 0.104. The fraction of sp³-hybridized carbons (Fsp3) is 0.528. The van der Waals surface area contributed by atoms with E-state index >= 15 is 0 Å². The van der Waals surface area contributed by atoms with Gasteiger partial charge in [-0.2, -0.15) is 0 Å². The lowest BCUT2D eigenvalue weighted by Gasteiger charge is -2.35. The van der Waals surface area contributed by atoms with Gasteiger partial charge in [0.2, 0.25) is 0 Å². The first-order chi connectivity index (χ1) is 21.9. The first-order valence-electron chi connectivity index (χ1n) is 16.9. The molecule has 1 unspecified atom stereocenters. The third-order valence-electron chi connectivity index (χ3n) is 8.43. The molecule has 0 bridgehead atoms. The molecule has 2 aromatic carbocycles. The fourth-order valence-electron chi connectivity index (χ4n) is 5.78. The molecule has 0 saturated carbocycles. The molecule has 2 aromatic rings. The average molecular weight is 655 g/mol. The first-order valence-corrected chi connectivity index (χ1v) is 18.8. The zero-order valence-corrected chi connectivity index (χ0v) is 28.9. The number of para-hydroxylation sites is 1.